The Hall–Kier alpha value is -3.07. The number of amides is 1. The highest BCUT2D eigenvalue weighted by Crippen LogP contribution is 2.39. The highest BCUT2D eigenvalue weighted by molar-refractivity contribution is 8.01. The van der Waals surface area contributed by atoms with Gasteiger partial charge in [0.2, 0.25) is 5.13 Å². The standard InChI is InChI=1S/C21H19ClN4O7S3/c1-31-13-4-6-14(7-5-13)36(29,30)26-10-17(33-16-8-3-12(22)9-15(16)26)19(28)23-20-24-25-21(35-20)34-11-18(27)32-2/h3-9,17H,10-11H2,1-2H3,(H,23,24,28)/t17-/m0/s1. The Morgan fingerprint density at radius 3 is 2.67 bits per heavy atom. The molecule has 0 saturated carbocycles. The van der Waals surface area contributed by atoms with E-state index in [1.54, 1.807) is 0 Å². The Bertz CT molecular complexity index is 1380. The largest absolute Gasteiger partial charge is 0.497 e. The van der Waals surface area contributed by atoms with E-state index in [0.717, 1.165) is 27.4 Å². The molecule has 1 N–H and O–H groups in total. The molecule has 4 rings (SSSR count). The summed E-state index contributed by atoms with van der Waals surface area (Å²) in [6.45, 7) is -0.309. The molecule has 1 aromatic heterocycles. The van der Waals surface area contributed by atoms with Crippen LogP contribution >= 0.6 is 34.7 Å². The van der Waals surface area contributed by atoms with E-state index in [9.17, 15) is 18.0 Å². The molecule has 15 heteroatoms. The predicted molar refractivity (Wildman–Crippen MR) is 135 cm³/mol. The number of thioether (sulfide) groups is 1. The van der Waals surface area contributed by atoms with Gasteiger partial charge in [-0.3, -0.25) is 19.2 Å². The fourth-order valence-corrected chi connectivity index (χ4v) is 6.37. The topological polar surface area (TPSA) is 137 Å². The summed E-state index contributed by atoms with van der Waals surface area (Å²) in [5.41, 5.74) is 0.208. The number of nitrogens with zero attached hydrogens (tertiary/aromatic N) is 3. The van der Waals surface area contributed by atoms with Crippen molar-refractivity contribution < 1.29 is 32.2 Å². The zero-order chi connectivity index (χ0) is 25.9. The first-order valence-corrected chi connectivity index (χ1v) is 13.8. The second kappa shape index (κ2) is 10.9. The number of benzene rings is 2. The van der Waals surface area contributed by atoms with Crippen molar-refractivity contribution in [3.8, 4) is 11.5 Å². The van der Waals surface area contributed by atoms with Crippen LogP contribution in [0.5, 0.6) is 11.5 Å². The Kier molecular flexibility index (Phi) is 7.88. The number of nitrogens with one attached hydrogen (secondary N) is 1. The normalized spacial score (nSPS) is 15.0. The maximum absolute atomic E-state index is 13.5. The van der Waals surface area contributed by atoms with Gasteiger partial charge in [0.05, 0.1) is 37.1 Å². The lowest BCUT2D eigenvalue weighted by Crippen LogP contribution is -2.48. The average molecular weight is 571 g/mol. The molecule has 1 amide bonds. The van der Waals surface area contributed by atoms with Gasteiger partial charge in [-0.25, -0.2) is 8.42 Å². The van der Waals surface area contributed by atoms with E-state index in [2.05, 4.69) is 20.3 Å². The number of carbonyl (C=O) groups is 2. The highest BCUT2D eigenvalue weighted by Gasteiger charge is 2.38. The lowest BCUT2D eigenvalue weighted by atomic mass is 10.2. The number of carbonyl (C=O) groups excluding carboxylic acids is 2. The maximum Gasteiger partial charge on any atom is 0.316 e. The second-order valence-electron chi connectivity index (χ2n) is 7.16. The van der Waals surface area contributed by atoms with Crippen LogP contribution in [0.1, 0.15) is 0 Å². The van der Waals surface area contributed by atoms with Crippen molar-refractivity contribution in [1.82, 2.24) is 10.2 Å². The summed E-state index contributed by atoms with van der Waals surface area (Å²) in [6.07, 6.45) is -1.19. The zero-order valence-corrected chi connectivity index (χ0v) is 22.0. The van der Waals surface area contributed by atoms with E-state index < -0.39 is 28.0 Å². The van der Waals surface area contributed by atoms with Crippen LogP contribution in [-0.2, 0) is 24.3 Å². The zero-order valence-electron chi connectivity index (χ0n) is 18.8. The molecule has 0 saturated heterocycles. The number of fused-ring (bicyclic) bond motifs is 1. The Labute approximate surface area is 219 Å². The van der Waals surface area contributed by atoms with Crippen molar-refractivity contribution in [1.29, 1.82) is 0 Å². The van der Waals surface area contributed by atoms with E-state index in [0.29, 0.717) is 15.1 Å². The minimum absolute atomic E-state index is 0.00618. The van der Waals surface area contributed by atoms with E-state index in [1.165, 1.54) is 56.7 Å². The Balaban J connectivity index is 1.57. The molecule has 0 unspecified atom stereocenters. The number of sulfonamides is 1. The van der Waals surface area contributed by atoms with Gasteiger partial charge in [0.15, 0.2) is 10.4 Å². The highest BCUT2D eigenvalue weighted by atomic mass is 35.5. The first kappa shape index (κ1) is 26.0. The summed E-state index contributed by atoms with van der Waals surface area (Å²) in [7, 11) is -1.33. The lowest BCUT2D eigenvalue weighted by Gasteiger charge is -2.34. The van der Waals surface area contributed by atoms with Gasteiger partial charge < -0.3 is 14.2 Å². The van der Waals surface area contributed by atoms with Crippen LogP contribution in [-0.4, -0.2) is 63.1 Å². The third kappa shape index (κ3) is 5.67. The fourth-order valence-electron chi connectivity index (χ4n) is 3.15. The maximum atomic E-state index is 13.5. The van der Waals surface area contributed by atoms with Gasteiger partial charge in [0, 0.05) is 5.02 Å². The van der Waals surface area contributed by atoms with E-state index in [1.807, 2.05) is 0 Å². The van der Waals surface area contributed by atoms with Crippen LogP contribution in [0, 0.1) is 0 Å². The minimum atomic E-state index is -4.08. The first-order valence-electron chi connectivity index (χ1n) is 10.2. The van der Waals surface area contributed by atoms with Gasteiger partial charge in [-0.15, -0.1) is 10.2 Å². The molecule has 0 radical (unpaired) electrons. The van der Waals surface area contributed by atoms with Gasteiger partial charge in [0.1, 0.15) is 11.5 Å². The number of ether oxygens (including phenoxy) is 3. The molecule has 0 fully saturated rings. The molecule has 11 nitrogen and oxygen atoms in total. The number of anilines is 2. The first-order chi connectivity index (χ1) is 17.2. The average Bonchev–Trinajstić information content (AvgIpc) is 3.33. The molecule has 0 spiro atoms. The summed E-state index contributed by atoms with van der Waals surface area (Å²) in [5, 5.41) is 10.9. The molecule has 2 aromatic carbocycles. The molecule has 0 bridgehead atoms. The number of hydrogen-bond donors (Lipinski definition) is 1. The number of rotatable bonds is 8. The fraction of sp³-hybridized carbons (Fsp3) is 0.238. The molecule has 1 aliphatic heterocycles. The number of esters is 1. The van der Waals surface area contributed by atoms with Crippen LogP contribution in [0.3, 0.4) is 0 Å². The van der Waals surface area contributed by atoms with Crippen LogP contribution < -0.4 is 19.1 Å². The monoisotopic (exact) mass is 570 g/mol. The van der Waals surface area contributed by atoms with Gasteiger partial charge >= 0.3 is 5.97 Å². The van der Waals surface area contributed by atoms with Crippen molar-refractivity contribution in [3.63, 3.8) is 0 Å². The number of aromatic nitrogens is 2. The third-order valence-electron chi connectivity index (χ3n) is 4.91. The SMILES string of the molecule is COC(=O)CSc1nnc(NC(=O)[C@@H]2CN(S(=O)(=O)c3ccc(OC)cc3)c3cc(Cl)ccc3O2)s1. The molecule has 1 aliphatic rings. The molecular weight excluding hydrogens is 552 g/mol. The van der Waals surface area contributed by atoms with Crippen molar-refractivity contribution in [2.45, 2.75) is 15.3 Å². The smallest absolute Gasteiger partial charge is 0.316 e. The van der Waals surface area contributed by atoms with Gasteiger partial charge in [0.25, 0.3) is 15.9 Å². The molecule has 2 heterocycles. The van der Waals surface area contributed by atoms with Gasteiger partial charge in [-0.05, 0) is 42.5 Å². The molecular formula is C21H19ClN4O7S3. The van der Waals surface area contributed by atoms with Crippen molar-refractivity contribution in [3.05, 3.63) is 47.5 Å². The van der Waals surface area contributed by atoms with Crippen LogP contribution in [0.2, 0.25) is 5.02 Å². The summed E-state index contributed by atoms with van der Waals surface area (Å²) < 4.78 is 44.1. The van der Waals surface area contributed by atoms with Crippen LogP contribution in [0.25, 0.3) is 0 Å². The lowest BCUT2D eigenvalue weighted by molar-refractivity contribution is -0.137. The molecule has 0 aliphatic carbocycles. The second-order valence-corrected chi connectivity index (χ2v) is 11.7. The molecule has 190 valence electrons. The Morgan fingerprint density at radius 1 is 1.22 bits per heavy atom. The quantitative estimate of drug-likeness (QED) is 0.244. The van der Waals surface area contributed by atoms with E-state index >= 15 is 0 Å². The molecule has 1 atom stereocenters. The summed E-state index contributed by atoms with van der Waals surface area (Å²) in [5.74, 6) is -0.325. The van der Waals surface area contributed by atoms with Crippen molar-refractivity contribution in [2.75, 3.05) is 36.1 Å². The summed E-state index contributed by atoms with van der Waals surface area (Å²) in [4.78, 5) is 24.3. The minimum Gasteiger partial charge on any atom is -0.497 e. The van der Waals surface area contributed by atoms with Crippen LogP contribution in [0.4, 0.5) is 10.8 Å². The Morgan fingerprint density at radius 2 is 1.97 bits per heavy atom. The summed E-state index contributed by atoms with van der Waals surface area (Å²) in [6, 6.07) is 10.4. The van der Waals surface area contributed by atoms with E-state index in [-0.39, 0.29) is 33.8 Å². The van der Waals surface area contributed by atoms with Gasteiger partial charge in [-0.1, -0.05) is 34.7 Å². The number of halogens is 1. The summed E-state index contributed by atoms with van der Waals surface area (Å²) >= 11 is 8.29. The number of methoxy groups -OCH3 is 2. The van der Waals surface area contributed by atoms with Crippen molar-refractivity contribution >= 4 is 67.4 Å². The van der Waals surface area contributed by atoms with E-state index in [4.69, 9.17) is 21.1 Å². The third-order valence-corrected chi connectivity index (χ3v) is 8.88. The van der Waals surface area contributed by atoms with Gasteiger partial charge in [-0.2, -0.15) is 0 Å². The number of hydrogen-bond acceptors (Lipinski definition) is 11. The molecule has 3 aromatic rings. The molecule has 36 heavy (non-hydrogen) atoms. The predicted octanol–water partition coefficient (Wildman–Crippen LogP) is 3.06. The van der Waals surface area contributed by atoms with Crippen LogP contribution in [0.15, 0.2) is 51.7 Å². The van der Waals surface area contributed by atoms with Crippen molar-refractivity contribution in [2.24, 2.45) is 0 Å².